The van der Waals surface area contributed by atoms with Crippen LogP contribution in [-0.4, -0.2) is 31.3 Å². The van der Waals surface area contributed by atoms with Crippen LogP contribution in [0.2, 0.25) is 0 Å². The monoisotopic (exact) mass is 275 g/mol. The lowest BCUT2D eigenvalue weighted by Gasteiger charge is -2.11. The first-order valence-corrected chi connectivity index (χ1v) is 6.81. The van der Waals surface area contributed by atoms with Gasteiger partial charge in [0.15, 0.2) is 5.82 Å². The number of nitrogens with zero attached hydrogens (tertiary/aromatic N) is 5. The molecule has 0 unspecified atom stereocenters. The smallest absolute Gasteiger partial charge is 0.152 e. The minimum Gasteiger partial charge on any atom is -0.383 e. The molecule has 0 amide bonds. The van der Waals surface area contributed by atoms with E-state index in [0.29, 0.717) is 12.4 Å². The van der Waals surface area contributed by atoms with Crippen molar-refractivity contribution in [2.45, 2.75) is 33.1 Å². The molecule has 108 valence electrons. The van der Waals surface area contributed by atoms with Crippen LogP contribution in [0, 0.1) is 6.92 Å². The van der Waals surface area contributed by atoms with Gasteiger partial charge in [0.2, 0.25) is 0 Å². The van der Waals surface area contributed by atoms with Crippen molar-refractivity contribution in [2.75, 3.05) is 17.6 Å². The second-order valence-electron chi connectivity index (χ2n) is 4.76. The van der Waals surface area contributed by atoms with Crippen molar-refractivity contribution in [3.8, 4) is 0 Å². The number of anilines is 2. The van der Waals surface area contributed by atoms with Crippen molar-refractivity contribution in [1.82, 2.24) is 24.7 Å². The molecule has 0 atom stereocenters. The summed E-state index contributed by atoms with van der Waals surface area (Å²) < 4.78 is 1.70. The van der Waals surface area contributed by atoms with Gasteiger partial charge in [0.05, 0.1) is 0 Å². The summed E-state index contributed by atoms with van der Waals surface area (Å²) in [7, 11) is 1.86. The number of nitrogens with one attached hydrogen (secondary N) is 1. The molecule has 3 N–H and O–H groups in total. The van der Waals surface area contributed by atoms with E-state index in [4.69, 9.17) is 5.73 Å². The average Bonchev–Trinajstić information content (AvgIpc) is 2.81. The summed E-state index contributed by atoms with van der Waals surface area (Å²) in [6.45, 7) is 4.73. The predicted molar refractivity (Wildman–Crippen MR) is 78.4 cm³/mol. The maximum Gasteiger partial charge on any atom is 0.152 e. The molecule has 0 saturated heterocycles. The van der Waals surface area contributed by atoms with Gasteiger partial charge in [0.1, 0.15) is 23.8 Å². The van der Waals surface area contributed by atoms with Crippen LogP contribution >= 0.6 is 0 Å². The average molecular weight is 275 g/mol. The van der Waals surface area contributed by atoms with Gasteiger partial charge in [0.25, 0.3) is 0 Å². The molecular weight excluding hydrogens is 254 g/mol. The van der Waals surface area contributed by atoms with E-state index in [1.165, 1.54) is 0 Å². The van der Waals surface area contributed by atoms with Gasteiger partial charge in [-0.3, -0.25) is 4.68 Å². The number of aryl methyl sites for hydroxylation is 2. The van der Waals surface area contributed by atoms with Crippen molar-refractivity contribution < 1.29 is 0 Å². The standard InChI is InChI=1S/C13H21N7/c1-4-5-11-17-12(14)9(2)13(18-11)15-7-6-10-16-8-20(3)19-10/h8H,4-7H2,1-3H3,(H3,14,15,17,18). The maximum absolute atomic E-state index is 5.92. The fourth-order valence-corrected chi connectivity index (χ4v) is 1.88. The minimum absolute atomic E-state index is 0.543. The summed E-state index contributed by atoms with van der Waals surface area (Å²) in [5.74, 6) is 2.95. The van der Waals surface area contributed by atoms with Gasteiger partial charge in [-0.15, -0.1) is 0 Å². The highest BCUT2D eigenvalue weighted by atomic mass is 15.3. The van der Waals surface area contributed by atoms with E-state index in [0.717, 1.165) is 42.3 Å². The lowest BCUT2D eigenvalue weighted by molar-refractivity contribution is 0.741. The minimum atomic E-state index is 0.543. The molecule has 0 aliphatic heterocycles. The number of hydrogen-bond acceptors (Lipinski definition) is 6. The van der Waals surface area contributed by atoms with Crippen LogP contribution in [0.4, 0.5) is 11.6 Å². The third-order valence-corrected chi connectivity index (χ3v) is 2.99. The normalized spacial score (nSPS) is 10.8. The summed E-state index contributed by atoms with van der Waals surface area (Å²) in [5.41, 5.74) is 6.81. The molecule has 0 radical (unpaired) electrons. The molecule has 2 aromatic rings. The Morgan fingerprint density at radius 3 is 2.70 bits per heavy atom. The van der Waals surface area contributed by atoms with Gasteiger partial charge in [-0.25, -0.2) is 15.0 Å². The van der Waals surface area contributed by atoms with E-state index in [9.17, 15) is 0 Å². The summed E-state index contributed by atoms with van der Waals surface area (Å²) in [5, 5.41) is 7.53. The topological polar surface area (TPSA) is 94.5 Å². The number of aromatic nitrogens is 5. The summed E-state index contributed by atoms with van der Waals surface area (Å²) >= 11 is 0. The fraction of sp³-hybridized carbons (Fsp3) is 0.538. The van der Waals surface area contributed by atoms with Crippen LogP contribution in [0.1, 0.15) is 30.6 Å². The Bertz CT molecular complexity index is 576. The predicted octanol–water partition coefficient (Wildman–Crippen LogP) is 1.10. The summed E-state index contributed by atoms with van der Waals surface area (Å²) in [6.07, 6.45) is 4.27. The molecule has 0 saturated carbocycles. The zero-order chi connectivity index (χ0) is 14.5. The highest BCUT2D eigenvalue weighted by Crippen LogP contribution is 2.17. The van der Waals surface area contributed by atoms with Crippen LogP contribution in [-0.2, 0) is 19.9 Å². The Balaban J connectivity index is 2.01. The van der Waals surface area contributed by atoms with Crippen LogP contribution in [0.15, 0.2) is 6.33 Å². The van der Waals surface area contributed by atoms with E-state index in [-0.39, 0.29) is 0 Å². The van der Waals surface area contributed by atoms with Crippen molar-refractivity contribution in [1.29, 1.82) is 0 Å². The Morgan fingerprint density at radius 2 is 2.05 bits per heavy atom. The fourth-order valence-electron chi connectivity index (χ4n) is 1.88. The molecule has 7 nitrogen and oxygen atoms in total. The lowest BCUT2D eigenvalue weighted by Crippen LogP contribution is -2.12. The Morgan fingerprint density at radius 1 is 1.25 bits per heavy atom. The molecule has 0 aromatic carbocycles. The van der Waals surface area contributed by atoms with Crippen LogP contribution in [0.5, 0.6) is 0 Å². The number of rotatable bonds is 6. The molecule has 0 bridgehead atoms. The maximum atomic E-state index is 5.92. The summed E-state index contributed by atoms with van der Waals surface area (Å²) in [6, 6.07) is 0. The van der Waals surface area contributed by atoms with Crippen molar-refractivity contribution >= 4 is 11.6 Å². The van der Waals surface area contributed by atoms with Gasteiger partial charge < -0.3 is 11.1 Å². The molecule has 0 spiro atoms. The molecular formula is C13H21N7. The third kappa shape index (κ3) is 3.43. The van der Waals surface area contributed by atoms with E-state index in [2.05, 4.69) is 32.3 Å². The van der Waals surface area contributed by atoms with Gasteiger partial charge in [-0.2, -0.15) is 5.10 Å². The van der Waals surface area contributed by atoms with Crippen molar-refractivity contribution in [3.05, 3.63) is 23.5 Å². The molecule has 2 aromatic heterocycles. The molecule has 0 aliphatic carbocycles. The molecule has 0 aliphatic rings. The number of hydrogen-bond donors (Lipinski definition) is 2. The first-order chi connectivity index (χ1) is 9.60. The Hall–Kier alpha value is -2.18. The number of nitrogens with two attached hydrogens (primary N) is 1. The molecule has 2 heterocycles. The van der Waals surface area contributed by atoms with E-state index >= 15 is 0 Å². The Labute approximate surface area is 118 Å². The van der Waals surface area contributed by atoms with Gasteiger partial charge >= 0.3 is 0 Å². The van der Waals surface area contributed by atoms with E-state index in [1.807, 2.05) is 14.0 Å². The highest BCUT2D eigenvalue weighted by Gasteiger charge is 2.08. The molecule has 7 heteroatoms. The highest BCUT2D eigenvalue weighted by molar-refractivity contribution is 5.54. The lowest BCUT2D eigenvalue weighted by atomic mass is 10.2. The van der Waals surface area contributed by atoms with Crippen LogP contribution in [0.25, 0.3) is 0 Å². The SMILES string of the molecule is CCCc1nc(N)c(C)c(NCCc2ncn(C)n2)n1. The second-order valence-corrected chi connectivity index (χ2v) is 4.76. The Kier molecular flexibility index (Phi) is 4.49. The van der Waals surface area contributed by atoms with Crippen molar-refractivity contribution in [2.24, 2.45) is 7.05 Å². The molecule has 0 fully saturated rings. The quantitative estimate of drug-likeness (QED) is 0.820. The number of nitrogen functional groups attached to an aromatic ring is 1. The zero-order valence-electron chi connectivity index (χ0n) is 12.2. The van der Waals surface area contributed by atoms with Gasteiger partial charge in [0, 0.05) is 32.0 Å². The van der Waals surface area contributed by atoms with Crippen LogP contribution in [0.3, 0.4) is 0 Å². The first-order valence-electron chi connectivity index (χ1n) is 6.81. The van der Waals surface area contributed by atoms with Crippen molar-refractivity contribution in [3.63, 3.8) is 0 Å². The van der Waals surface area contributed by atoms with Crippen LogP contribution < -0.4 is 11.1 Å². The third-order valence-electron chi connectivity index (χ3n) is 2.99. The van der Waals surface area contributed by atoms with Gasteiger partial charge in [-0.1, -0.05) is 6.92 Å². The zero-order valence-corrected chi connectivity index (χ0v) is 12.2. The summed E-state index contributed by atoms with van der Waals surface area (Å²) in [4.78, 5) is 13.0. The first kappa shape index (κ1) is 14.2. The second kappa shape index (κ2) is 6.31. The van der Waals surface area contributed by atoms with E-state index < -0.39 is 0 Å². The molecule has 2 rings (SSSR count). The van der Waals surface area contributed by atoms with Gasteiger partial charge in [-0.05, 0) is 13.3 Å². The largest absolute Gasteiger partial charge is 0.383 e. The van der Waals surface area contributed by atoms with E-state index in [1.54, 1.807) is 11.0 Å². The molecule has 20 heavy (non-hydrogen) atoms.